The molecule has 1 aromatic heterocycles. The van der Waals surface area contributed by atoms with Gasteiger partial charge in [-0.25, -0.2) is 4.98 Å². The average molecular weight is 386 g/mol. The third-order valence-electron chi connectivity index (χ3n) is 4.68. The van der Waals surface area contributed by atoms with Crippen LogP contribution in [0.15, 0.2) is 71.1 Å². The van der Waals surface area contributed by atoms with Crippen LogP contribution < -0.4 is 10.1 Å². The Morgan fingerprint density at radius 2 is 1.90 bits per heavy atom. The van der Waals surface area contributed by atoms with Gasteiger partial charge in [0.05, 0.1) is 6.61 Å². The van der Waals surface area contributed by atoms with Crippen LogP contribution in [0.25, 0.3) is 22.6 Å². The zero-order chi connectivity index (χ0) is 20.2. The van der Waals surface area contributed by atoms with Gasteiger partial charge in [-0.2, -0.15) is 0 Å². The second-order valence-electron chi connectivity index (χ2n) is 6.80. The van der Waals surface area contributed by atoms with Gasteiger partial charge in [0.25, 0.3) is 5.91 Å². The minimum atomic E-state index is -0.190. The van der Waals surface area contributed by atoms with E-state index in [1.807, 2.05) is 68.4 Å². The number of amides is 1. The van der Waals surface area contributed by atoms with Crippen LogP contribution in [0.3, 0.4) is 0 Å². The summed E-state index contributed by atoms with van der Waals surface area (Å²) in [5, 5.41) is 2.99. The monoisotopic (exact) mass is 386 g/mol. The fraction of sp³-hybridized carbons (Fsp3) is 0.167. The molecule has 4 rings (SSSR count). The highest BCUT2D eigenvalue weighted by atomic mass is 16.5. The van der Waals surface area contributed by atoms with Crippen molar-refractivity contribution in [3.05, 3.63) is 77.9 Å². The van der Waals surface area contributed by atoms with Crippen molar-refractivity contribution < 1.29 is 13.9 Å². The van der Waals surface area contributed by atoms with Gasteiger partial charge >= 0.3 is 0 Å². The zero-order valence-corrected chi connectivity index (χ0v) is 16.4. The van der Waals surface area contributed by atoms with Gasteiger partial charge in [-0.15, -0.1) is 0 Å². The Hall–Kier alpha value is -3.60. The molecule has 1 N–H and O–H groups in total. The summed E-state index contributed by atoms with van der Waals surface area (Å²) in [4.78, 5) is 17.3. The van der Waals surface area contributed by atoms with Crippen LogP contribution in [0, 0.1) is 6.92 Å². The topological polar surface area (TPSA) is 64.4 Å². The van der Waals surface area contributed by atoms with Crippen molar-refractivity contribution >= 4 is 22.7 Å². The molecule has 0 radical (unpaired) electrons. The van der Waals surface area contributed by atoms with E-state index in [9.17, 15) is 4.79 Å². The Balaban J connectivity index is 1.60. The Kier molecular flexibility index (Phi) is 5.29. The molecule has 0 aliphatic heterocycles. The fourth-order valence-corrected chi connectivity index (χ4v) is 3.13. The quantitative estimate of drug-likeness (QED) is 0.452. The van der Waals surface area contributed by atoms with Crippen molar-refractivity contribution in [3.63, 3.8) is 0 Å². The van der Waals surface area contributed by atoms with E-state index in [0.717, 1.165) is 34.3 Å². The number of fused-ring (bicyclic) bond motifs is 1. The number of benzene rings is 3. The van der Waals surface area contributed by atoms with Crippen molar-refractivity contribution in [2.45, 2.75) is 20.3 Å². The first-order valence-electron chi connectivity index (χ1n) is 9.65. The molecule has 3 aromatic carbocycles. The van der Waals surface area contributed by atoms with Crippen LogP contribution in [0.4, 0.5) is 5.69 Å². The maximum Gasteiger partial charge on any atom is 0.255 e. The first kappa shape index (κ1) is 18.7. The van der Waals surface area contributed by atoms with Crippen LogP contribution in [0.2, 0.25) is 0 Å². The normalized spacial score (nSPS) is 10.8. The molecule has 5 nitrogen and oxygen atoms in total. The van der Waals surface area contributed by atoms with Gasteiger partial charge in [0.2, 0.25) is 5.89 Å². The number of oxazole rings is 1. The smallest absolute Gasteiger partial charge is 0.255 e. The number of carbonyl (C=O) groups excluding carboxylic acids is 1. The van der Waals surface area contributed by atoms with E-state index in [1.165, 1.54) is 0 Å². The number of nitrogens with one attached hydrogen (secondary N) is 1. The molecule has 1 amide bonds. The summed E-state index contributed by atoms with van der Waals surface area (Å²) in [7, 11) is 0. The predicted molar refractivity (Wildman–Crippen MR) is 114 cm³/mol. The maximum atomic E-state index is 12.8. The maximum absolute atomic E-state index is 12.8. The lowest BCUT2D eigenvalue weighted by atomic mass is 10.1. The lowest BCUT2D eigenvalue weighted by Crippen LogP contribution is -2.13. The average Bonchev–Trinajstić information content (AvgIpc) is 3.18. The third-order valence-corrected chi connectivity index (χ3v) is 4.68. The molecule has 5 heteroatoms. The van der Waals surface area contributed by atoms with E-state index in [2.05, 4.69) is 10.3 Å². The summed E-state index contributed by atoms with van der Waals surface area (Å²) in [6, 6.07) is 20.5. The number of ether oxygens (including phenoxy) is 1. The highest BCUT2D eigenvalue weighted by molar-refractivity contribution is 6.05. The van der Waals surface area contributed by atoms with Crippen LogP contribution in [0.1, 0.15) is 29.3 Å². The van der Waals surface area contributed by atoms with E-state index in [4.69, 9.17) is 9.15 Å². The summed E-state index contributed by atoms with van der Waals surface area (Å²) >= 11 is 0. The molecule has 0 spiro atoms. The highest BCUT2D eigenvalue weighted by Gasteiger charge is 2.15. The largest absolute Gasteiger partial charge is 0.494 e. The van der Waals surface area contributed by atoms with Gasteiger partial charge < -0.3 is 14.5 Å². The summed E-state index contributed by atoms with van der Waals surface area (Å²) in [5.74, 6) is 1.04. The lowest BCUT2D eigenvalue weighted by Gasteiger charge is -2.12. The number of rotatable bonds is 6. The molecule has 4 aromatic rings. The minimum absolute atomic E-state index is 0.190. The first-order chi connectivity index (χ1) is 14.2. The Bertz CT molecular complexity index is 1130. The molecule has 0 saturated carbocycles. The number of anilines is 1. The molecule has 0 aliphatic carbocycles. The number of para-hydroxylation sites is 2. The summed E-state index contributed by atoms with van der Waals surface area (Å²) in [6.45, 7) is 4.61. The fourth-order valence-electron chi connectivity index (χ4n) is 3.13. The standard InChI is InChI=1S/C24H22N2O3/c1-3-14-28-18-9-6-8-17(15-18)23(27)25-20-12-7-10-19(16(20)2)24-26-21-11-4-5-13-22(21)29-24/h4-13,15H,3,14H2,1-2H3,(H,25,27). The van der Waals surface area contributed by atoms with E-state index < -0.39 is 0 Å². The highest BCUT2D eigenvalue weighted by Crippen LogP contribution is 2.30. The minimum Gasteiger partial charge on any atom is -0.494 e. The summed E-state index contributed by atoms with van der Waals surface area (Å²) in [6.07, 6.45) is 0.915. The van der Waals surface area contributed by atoms with Gasteiger partial charge in [-0.05, 0) is 61.4 Å². The van der Waals surface area contributed by atoms with Gasteiger partial charge in [0.15, 0.2) is 5.58 Å². The molecule has 0 bridgehead atoms. The number of hydrogen-bond acceptors (Lipinski definition) is 4. The molecule has 0 aliphatic rings. The summed E-state index contributed by atoms with van der Waals surface area (Å²) in [5.41, 5.74) is 4.55. The Morgan fingerprint density at radius 3 is 2.72 bits per heavy atom. The number of nitrogens with zero attached hydrogens (tertiary/aromatic N) is 1. The van der Waals surface area contributed by atoms with Crippen molar-refractivity contribution in [1.29, 1.82) is 0 Å². The SMILES string of the molecule is CCCOc1cccc(C(=O)Nc2cccc(-c3nc4ccccc4o3)c2C)c1. The van der Waals surface area contributed by atoms with E-state index in [-0.39, 0.29) is 5.91 Å². The molecule has 1 heterocycles. The van der Waals surface area contributed by atoms with Crippen LogP contribution in [-0.2, 0) is 0 Å². The Labute approximate surface area is 169 Å². The van der Waals surface area contributed by atoms with Gasteiger partial charge in [0, 0.05) is 16.8 Å². The molecular formula is C24H22N2O3. The molecular weight excluding hydrogens is 364 g/mol. The molecule has 0 saturated heterocycles. The molecule has 0 fully saturated rings. The number of aromatic nitrogens is 1. The van der Waals surface area contributed by atoms with Crippen molar-refractivity contribution in [1.82, 2.24) is 4.98 Å². The molecule has 0 unspecified atom stereocenters. The van der Waals surface area contributed by atoms with Gasteiger partial charge in [0.1, 0.15) is 11.3 Å². The molecule has 146 valence electrons. The van der Waals surface area contributed by atoms with Crippen LogP contribution >= 0.6 is 0 Å². The molecule has 29 heavy (non-hydrogen) atoms. The van der Waals surface area contributed by atoms with Crippen LogP contribution in [-0.4, -0.2) is 17.5 Å². The van der Waals surface area contributed by atoms with Crippen molar-refractivity contribution in [3.8, 4) is 17.2 Å². The first-order valence-corrected chi connectivity index (χ1v) is 9.65. The van der Waals surface area contributed by atoms with E-state index in [0.29, 0.717) is 23.8 Å². The zero-order valence-electron chi connectivity index (χ0n) is 16.4. The van der Waals surface area contributed by atoms with E-state index >= 15 is 0 Å². The Morgan fingerprint density at radius 1 is 1.07 bits per heavy atom. The second kappa shape index (κ2) is 8.19. The predicted octanol–water partition coefficient (Wildman–Crippen LogP) is 5.84. The number of hydrogen-bond donors (Lipinski definition) is 1. The van der Waals surface area contributed by atoms with E-state index in [1.54, 1.807) is 12.1 Å². The van der Waals surface area contributed by atoms with Gasteiger partial charge in [-0.3, -0.25) is 4.79 Å². The third kappa shape index (κ3) is 3.99. The second-order valence-corrected chi connectivity index (χ2v) is 6.80. The van der Waals surface area contributed by atoms with Crippen LogP contribution in [0.5, 0.6) is 5.75 Å². The van der Waals surface area contributed by atoms with Gasteiger partial charge in [-0.1, -0.05) is 31.2 Å². The summed E-state index contributed by atoms with van der Waals surface area (Å²) < 4.78 is 11.5. The molecule has 0 atom stereocenters. The van der Waals surface area contributed by atoms with Crippen molar-refractivity contribution in [2.24, 2.45) is 0 Å². The lowest BCUT2D eigenvalue weighted by molar-refractivity contribution is 0.102. The van der Waals surface area contributed by atoms with Crippen molar-refractivity contribution in [2.75, 3.05) is 11.9 Å². The number of carbonyl (C=O) groups is 1.